The lowest BCUT2D eigenvalue weighted by Crippen LogP contribution is -2.32. The molecule has 0 saturated carbocycles. The summed E-state index contributed by atoms with van der Waals surface area (Å²) in [5.41, 5.74) is 0.526. The quantitative estimate of drug-likeness (QED) is 0.824. The zero-order valence-electron chi connectivity index (χ0n) is 9.93. The second kappa shape index (κ2) is 5.74. The summed E-state index contributed by atoms with van der Waals surface area (Å²) in [6.45, 7) is 0.567. The number of Topliss-reactive ketones (excluding diaryl/α,β-unsaturated/α-hetero) is 1. The number of carbonyl (C=O) groups excluding carboxylic acids is 1. The molecule has 1 aromatic carbocycles. The number of halogens is 1. The van der Waals surface area contributed by atoms with E-state index < -0.39 is 12.0 Å². The Morgan fingerprint density at radius 3 is 2.67 bits per heavy atom. The molecule has 2 atom stereocenters. The molecule has 0 aromatic heterocycles. The fourth-order valence-corrected chi connectivity index (χ4v) is 2.11. The molecule has 2 rings (SSSR count). The van der Waals surface area contributed by atoms with Gasteiger partial charge >= 0.3 is 0 Å². The van der Waals surface area contributed by atoms with E-state index in [1.165, 1.54) is 24.3 Å². The molecule has 3 nitrogen and oxygen atoms in total. The topological polar surface area (TPSA) is 50.1 Å². The third-order valence-electron chi connectivity index (χ3n) is 3.11. The predicted molar refractivity (Wildman–Crippen MR) is 63.4 cm³/mol. The average molecular weight is 247 g/mol. The van der Waals surface area contributed by atoms with E-state index in [9.17, 15) is 9.18 Å². The number of hydrogen-bond acceptors (Lipinski definition) is 3. The molecule has 1 heterocycles. The lowest BCUT2D eigenvalue weighted by Gasteiger charge is -2.23. The summed E-state index contributed by atoms with van der Waals surface area (Å²) in [7, 11) is 0. The fraction of sp³-hybridized carbons (Fsp3) is 0.429. The third kappa shape index (κ3) is 2.74. The first-order valence-corrected chi connectivity index (χ1v) is 6.03. The molecule has 0 aliphatic carbocycles. The Balaban J connectivity index is 2.15. The van der Waals surface area contributed by atoms with E-state index >= 15 is 0 Å². The molecule has 0 radical (unpaired) electrons. The maximum absolute atomic E-state index is 12.8. The molecule has 4 heteroatoms. The average Bonchev–Trinajstić information content (AvgIpc) is 2.42. The first kappa shape index (κ1) is 12.7. The molecule has 0 bridgehead atoms. The molecule has 0 amide bonds. The molecule has 1 aromatic rings. The minimum Gasteiger partial charge on any atom is -0.370 e. The molecule has 0 N–H and O–H groups in total. The smallest absolute Gasteiger partial charge is 0.183 e. The Morgan fingerprint density at radius 2 is 2.11 bits per heavy atom. The molecular formula is C14H14FNO2. The van der Waals surface area contributed by atoms with Crippen molar-refractivity contribution < 1.29 is 13.9 Å². The highest BCUT2D eigenvalue weighted by Crippen LogP contribution is 2.23. The van der Waals surface area contributed by atoms with Crippen LogP contribution in [0.4, 0.5) is 4.39 Å². The minimum absolute atomic E-state index is 0.219. The number of ether oxygens (including phenoxy) is 1. The number of benzene rings is 1. The van der Waals surface area contributed by atoms with Gasteiger partial charge in [0.05, 0.1) is 6.07 Å². The highest BCUT2D eigenvalue weighted by atomic mass is 19.1. The van der Waals surface area contributed by atoms with Crippen LogP contribution in [-0.4, -0.2) is 18.5 Å². The van der Waals surface area contributed by atoms with E-state index in [0.29, 0.717) is 18.6 Å². The third-order valence-corrected chi connectivity index (χ3v) is 3.11. The van der Waals surface area contributed by atoms with Gasteiger partial charge in [0.2, 0.25) is 0 Å². The van der Waals surface area contributed by atoms with E-state index in [1.54, 1.807) is 0 Å². The van der Waals surface area contributed by atoms with E-state index in [1.807, 2.05) is 6.07 Å². The van der Waals surface area contributed by atoms with Crippen LogP contribution in [0.15, 0.2) is 24.3 Å². The largest absolute Gasteiger partial charge is 0.370 e. The summed E-state index contributed by atoms with van der Waals surface area (Å²) in [6.07, 6.45) is 2.07. The standard InChI is InChI=1S/C14H14FNO2/c15-11-6-4-10(5-7-11)12(9-16)14(17)13-3-1-2-8-18-13/h4-7,12-13H,1-3,8H2. The zero-order valence-corrected chi connectivity index (χ0v) is 9.93. The van der Waals surface area contributed by atoms with Crippen LogP contribution < -0.4 is 0 Å². The van der Waals surface area contributed by atoms with Crippen molar-refractivity contribution in [3.05, 3.63) is 35.6 Å². The Labute approximate surface area is 105 Å². The first-order valence-electron chi connectivity index (χ1n) is 6.03. The van der Waals surface area contributed by atoms with Gasteiger partial charge in [-0.2, -0.15) is 5.26 Å². The van der Waals surface area contributed by atoms with E-state index in [0.717, 1.165) is 12.8 Å². The van der Waals surface area contributed by atoms with Crippen LogP contribution in [-0.2, 0) is 9.53 Å². The summed E-state index contributed by atoms with van der Waals surface area (Å²) >= 11 is 0. The van der Waals surface area contributed by atoms with Crippen LogP contribution in [0.3, 0.4) is 0 Å². The van der Waals surface area contributed by atoms with Crippen molar-refractivity contribution in [1.82, 2.24) is 0 Å². The molecule has 94 valence electrons. The second-order valence-corrected chi connectivity index (χ2v) is 4.37. The van der Waals surface area contributed by atoms with Crippen molar-refractivity contribution in [2.24, 2.45) is 0 Å². The van der Waals surface area contributed by atoms with Gasteiger partial charge in [0.25, 0.3) is 0 Å². The second-order valence-electron chi connectivity index (χ2n) is 4.37. The summed E-state index contributed by atoms with van der Waals surface area (Å²) in [4.78, 5) is 12.2. The Bertz CT molecular complexity index is 458. The van der Waals surface area contributed by atoms with Crippen molar-refractivity contribution in [3.8, 4) is 6.07 Å². The number of rotatable bonds is 3. The molecule has 1 fully saturated rings. The zero-order chi connectivity index (χ0) is 13.0. The lowest BCUT2D eigenvalue weighted by atomic mass is 9.90. The van der Waals surface area contributed by atoms with Crippen LogP contribution >= 0.6 is 0 Å². The van der Waals surface area contributed by atoms with Gasteiger partial charge in [-0.05, 0) is 37.0 Å². The van der Waals surface area contributed by atoms with Crippen LogP contribution in [0, 0.1) is 17.1 Å². The predicted octanol–water partition coefficient (Wildman–Crippen LogP) is 2.57. The number of nitriles is 1. The lowest BCUT2D eigenvalue weighted by molar-refractivity contribution is -0.133. The molecule has 1 aliphatic rings. The van der Waals surface area contributed by atoms with Crippen molar-refractivity contribution in [1.29, 1.82) is 5.26 Å². The van der Waals surface area contributed by atoms with Gasteiger partial charge in [-0.1, -0.05) is 12.1 Å². The number of hydrogen-bond donors (Lipinski definition) is 0. The van der Waals surface area contributed by atoms with Crippen molar-refractivity contribution in [2.45, 2.75) is 31.3 Å². The fourth-order valence-electron chi connectivity index (χ4n) is 2.11. The molecular weight excluding hydrogens is 233 g/mol. The number of carbonyl (C=O) groups is 1. The minimum atomic E-state index is -0.867. The van der Waals surface area contributed by atoms with Crippen LogP contribution in [0.25, 0.3) is 0 Å². The molecule has 0 spiro atoms. The van der Waals surface area contributed by atoms with Crippen LogP contribution in [0.5, 0.6) is 0 Å². The first-order chi connectivity index (χ1) is 8.72. The summed E-state index contributed by atoms with van der Waals surface area (Å²) < 4.78 is 18.2. The van der Waals surface area contributed by atoms with E-state index in [2.05, 4.69) is 0 Å². The van der Waals surface area contributed by atoms with Gasteiger partial charge in [-0.25, -0.2) is 4.39 Å². The maximum atomic E-state index is 12.8. The summed E-state index contributed by atoms with van der Waals surface area (Å²) in [5, 5.41) is 9.13. The van der Waals surface area contributed by atoms with Gasteiger partial charge in [0, 0.05) is 6.61 Å². The number of nitrogens with zero attached hydrogens (tertiary/aromatic N) is 1. The maximum Gasteiger partial charge on any atom is 0.183 e. The van der Waals surface area contributed by atoms with E-state index in [4.69, 9.17) is 10.00 Å². The molecule has 2 unspecified atom stereocenters. The highest BCUT2D eigenvalue weighted by molar-refractivity contribution is 5.92. The van der Waals surface area contributed by atoms with Crippen molar-refractivity contribution >= 4 is 5.78 Å². The molecule has 1 saturated heterocycles. The van der Waals surface area contributed by atoms with Crippen molar-refractivity contribution in [3.63, 3.8) is 0 Å². The SMILES string of the molecule is N#CC(C(=O)C1CCCCO1)c1ccc(F)cc1. The Kier molecular flexibility index (Phi) is 4.06. The Morgan fingerprint density at radius 1 is 1.39 bits per heavy atom. The van der Waals surface area contributed by atoms with Gasteiger partial charge in [-0.15, -0.1) is 0 Å². The number of ketones is 1. The van der Waals surface area contributed by atoms with Crippen LogP contribution in [0.2, 0.25) is 0 Å². The summed E-state index contributed by atoms with van der Waals surface area (Å²) in [5.74, 6) is -1.46. The molecule has 1 aliphatic heterocycles. The van der Waals surface area contributed by atoms with E-state index in [-0.39, 0.29) is 11.6 Å². The normalized spacial score (nSPS) is 21.0. The van der Waals surface area contributed by atoms with Crippen LogP contribution in [0.1, 0.15) is 30.7 Å². The van der Waals surface area contributed by atoms with Crippen molar-refractivity contribution in [2.75, 3.05) is 6.61 Å². The molecule has 18 heavy (non-hydrogen) atoms. The van der Waals surface area contributed by atoms with Gasteiger partial charge < -0.3 is 4.74 Å². The summed E-state index contributed by atoms with van der Waals surface area (Å²) in [6, 6.07) is 7.45. The monoisotopic (exact) mass is 247 g/mol. The van der Waals surface area contributed by atoms with Gasteiger partial charge in [0.1, 0.15) is 17.8 Å². The van der Waals surface area contributed by atoms with Gasteiger partial charge in [-0.3, -0.25) is 4.79 Å². The Hall–Kier alpha value is -1.73. The van der Waals surface area contributed by atoms with Gasteiger partial charge in [0.15, 0.2) is 5.78 Å². The highest BCUT2D eigenvalue weighted by Gasteiger charge is 2.30.